The zero-order chi connectivity index (χ0) is 64.6. The number of nitrogens with one attached hydrogen (secondary N) is 10. The quantitative estimate of drug-likeness (QED) is 0.0391. The van der Waals surface area contributed by atoms with Gasteiger partial charge in [0.1, 0.15) is 53.6 Å². The zero-order valence-electron chi connectivity index (χ0n) is 53.9. The van der Waals surface area contributed by atoms with Crippen LogP contribution in [0, 0.1) is 23.7 Å². The number of amides is 10. The first-order chi connectivity index (χ1) is 39.9. The van der Waals surface area contributed by atoms with Gasteiger partial charge in [0.05, 0.1) is 12.7 Å². The Hall–Kier alpha value is -5.75. The number of likely N-dealkylation sites (tertiary alicyclic amines) is 1. The molecule has 0 spiro atoms. The van der Waals surface area contributed by atoms with Crippen LogP contribution in [-0.2, 0) is 52.7 Å². The maximum Gasteiger partial charge on any atom is 0.245 e. The normalized spacial score (nSPS) is 16.9. The van der Waals surface area contributed by atoms with E-state index in [4.69, 9.17) is 5.11 Å². The maximum atomic E-state index is 14.4. The van der Waals surface area contributed by atoms with E-state index < -0.39 is 101 Å². The maximum absolute atomic E-state index is 14.4. The van der Waals surface area contributed by atoms with Crippen LogP contribution in [0.3, 0.4) is 0 Å². The minimum atomic E-state index is -1.60. The second-order valence-electron chi connectivity index (χ2n) is 25.0. The highest BCUT2D eigenvalue weighted by Gasteiger charge is 2.39. The van der Waals surface area contributed by atoms with E-state index in [1.54, 1.807) is 20.8 Å². The predicted molar refractivity (Wildman–Crippen MR) is 326 cm³/mol. The van der Waals surface area contributed by atoms with Crippen molar-refractivity contribution in [1.29, 1.82) is 0 Å². The molecule has 0 bridgehead atoms. The first-order valence-electron chi connectivity index (χ1n) is 31.4. The van der Waals surface area contributed by atoms with Crippen molar-refractivity contribution < 1.29 is 63.0 Å². The Balaban J connectivity index is 3.31. The van der Waals surface area contributed by atoms with Crippen molar-refractivity contribution in [2.24, 2.45) is 23.7 Å². The molecule has 0 aliphatic carbocycles. The van der Waals surface area contributed by atoms with Gasteiger partial charge in [-0.25, -0.2) is 0 Å². The Bertz CT molecular complexity index is 2140. The van der Waals surface area contributed by atoms with Crippen LogP contribution in [0.15, 0.2) is 0 Å². The number of hydrogen-bond acceptors (Lipinski definition) is 14. The molecule has 12 N–H and O–H groups in total. The minimum Gasteiger partial charge on any atom is -0.395 e. The predicted octanol–water partition coefficient (Wildman–Crippen LogP) is 2.45. The number of unbranched alkanes of at least 4 members (excludes halogenated alkanes) is 3. The second-order valence-corrected chi connectivity index (χ2v) is 25.0. The van der Waals surface area contributed by atoms with E-state index >= 15 is 0 Å². The molecule has 0 aromatic heterocycles. The summed E-state index contributed by atoms with van der Waals surface area (Å²) in [6.45, 7) is 25.6. The first kappa shape index (κ1) is 77.3. The van der Waals surface area contributed by atoms with E-state index in [1.165, 1.54) is 32.6 Å². The number of hydrogen-bond donors (Lipinski definition) is 12. The Morgan fingerprint density at radius 3 is 1.72 bits per heavy atom. The molecule has 1 heterocycles. The molecule has 0 aromatic rings. The molecule has 1 saturated heterocycles. The summed E-state index contributed by atoms with van der Waals surface area (Å²) in [5.74, 6) is -6.48. The van der Waals surface area contributed by atoms with Crippen LogP contribution in [-0.4, -0.2) is 173 Å². The van der Waals surface area contributed by atoms with Crippen molar-refractivity contribution in [2.45, 2.75) is 266 Å². The topological polar surface area (TPSA) is 352 Å². The van der Waals surface area contributed by atoms with Gasteiger partial charge in [-0.1, -0.05) is 94.4 Å². The average molecular weight is 1210 g/mol. The summed E-state index contributed by atoms with van der Waals surface area (Å²) >= 11 is 0. The summed E-state index contributed by atoms with van der Waals surface area (Å²) < 4.78 is 0. The molecule has 24 heteroatoms. The molecule has 1 rings (SSSR count). The van der Waals surface area contributed by atoms with Crippen LogP contribution < -0.4 is 53.2 Å². The molecule has 0 aromatic carbocycles. The lowest BCUT2D eigenvalue weighted by molar-refractivity contribution is -0.140. The molecular formula is C61H111N11O13. The van der Waals surface area contributed by atoms with E-state index in [-0.39, 0.29) is 118 Å². The van der Waals surface area contributed by atoms with Gasteiger partial charge in [-0.2, -0.15) is 0 Å². The van der Waals surface area contributed by atoms with Crippen molar-refractivity contribution in [3.05, 3.63) is 0 Å². The number of nitrogens with zero attached hydrogens (tertiary/aromatic N) is 1. The van der Waals surface area contributed by atoms with E-state index in [2.05, 4.69) is 60.1 Å². The molecule has 1 aliphatic heterocycles. The highest BCUT2D eigenvalue weighted by Crippen LogP contribution is 2.22. The van der Waals surface area contributed by atoms with Gasteiger partial charge in [0.25, 0.3) is 0 Å². The van der Waals surface area contributed by atoms with Gasteiger partial charge in [0.2, 0.25) is 59.1 Å². The van der Waals surface area contributed by atoms with Crippen molar-refractivity contribution in [2.75, 3.05) is 32.8 Å². The molecule has 1 fully saturated rings. The Morgan fingerprint density at radius 1 is 0.576 bits per heavy atom. The summed E-state index contributed by atoms with van der Waals surface area (Å²) in [6, 6.07) is -8.07. The van der Waals surface area contributed by atoms with Crippen LogP contribution in [0.2, 0.25) is 0 Å². The van der Waals surface area contributed by atoms with Crippen LogP contribution in [0.1, 0.15) is 206 Å². The fraction of sp³-hybridized carbons (Fsp3) is 0.820. The number of Topliss-reactive ketones (excluding diaryl/α,β-unsaturated/α-hetero) is 1. The number of rotatable bonds is 43. The van der Waals surface area contributed by atoms with Crippen molar-refractivity contribution in [3.63, 3.8) is 0 Å². The summed E-state index contributed by atoms with van der Waals surface area (Å²) in [5, 5.41) is 47.3. The molecule has 0 saturated carbocycles. The van der Waals surface area contributed by atoms with Crippen LogP contribution >= 0.6 is 0 Å². The van der Waals surface area contributed by atoms with Gasteiger partial charge < -0.3 is 68.3 Å². The molecule has 1 aliphatic rings. The van der Waals surface area contributed by atoms with E-state index in [0.29, 0.717) is 38.9 Å². The van der Waals surface area contributed by atoms with Crippen molar-refractivity contribution in [1.82, 2.24) is 58.1 Å². The number of carbonyl (C=O) groups is 11. The third kappa shape index (κ3) is 30.9. The smallest absolute Gasteiger partial charge is 0.245 e. The third-order valence-electron chi connectivity index (χ3n) is 14.9. The second kappa shape index (κ2) is 40.6. The SMILES string of the molecule is CCCCCCC(C)C[C@@H](NC(=O)C(C)NC(=O)C(C)NC(=O)[C@H](CC(C)CC(O)CC(=O)CC)NC(=O)[C@@H]1CCCN1C(=O)CCC)C(=O)N[C@@H](CC(C)C)C(=O)NC(C)(C)C(=O)N[C@@H](CC(C)C)C(=O)NCCC(=O)NC(C)CNCCO. The Morgan fingerprint density at radius 2 is 1.13 bits per heavy atom. The van der Waals surface area contributed by atoms with E-state index in [1.807, 2.05) is 41.5 Å². The summed E-state index contributed by atoms with van der Waals surface area (Å²) in [6.07, 6.45) is 6.47. The largest absolute Gasteiger partial charge is 0.395 e. The summed E-state index contributed by atoms with van der Waals surface area (Å²) in [4.78, 5) is 151. The lowest BCUT2D eigenvalue weighted by Crippen LogP contribution is -2.63. The summed E-state index contributed by atoms with van der Waals surface area (Å²) in [5.41, 5.74) is -1.60. The molecular weight excluding hydrogens is 1090 g/mol. The van der Waals surface area contributed by atoms with Crippen LogP contribution in [0.4, 0.5) is 0 Å². The molecule has 0 radical (unpaired) electrons. The van der Waals surface area contributed by atoms with Crippen molar-refractivity contribution in [3.8, 4) is 0 Å². The fourth-order valence-corrected chi connectivity index (χ4v) is 10.1. The monoisotopic (exact) mass is 1210 g/mol. The minimum absolute atomic E-state index is 0.00317. The fourth-order valence-electron chi connectivity index (χ4n) is 10.1. The van der Waals surface area contributed by atoms with Gasteiger partial charge in [0, 0.05) is 57.9 Å². The number of ketones is 1. The van der Waals surface area contributed by atoms with Gasteiger partial charge in [-0.15, -0.1) is 0 Å². The van der Waals surface area contributed by atoms with Crippen molar-refractivity contribution >= 4 is 64.9 Å². The van der Waals surface area contributed by atoms with E-state index in [9.17, 15) is 57.8 Å². The van der Waals surface area contributed by atoms with Gasteiger partial charge >= 0.3 is 0 Å². The lowest BCUT2D eigenvalue weighted by Gasteiger charge is -2.31. The number of aliphatic hydroxyl groups excluding tert-OH is 2. The third-order valence-corrected chi connectivity index (χ3v) is 14.9. The zero-order valence-corrected chi connectivity index (χ0v) is 53.9. The molecule has 10 amide bonds. The molecule has 85 heavy (non-hydrogen) atoms. The van der Waals surface area contributed by atoms with Gasteiger partial charge in [0.15, 0.2) is 0 Å². The van der Waals surface area contributed by atoms with Gasteiger partial charge in [-0.05, 0) is 110 Å². The van der Waals surface area contributed by atoms with E-state index in [0.717, 1.165) is 32.1 Å². The van der Waals surface area contributed by atoms with Crippen LogP contribution in [0.25, 0.3) is 0 Å². The average Bonchev–Trinajstić information content (AvgIpc) is 4.12. The molecule has 6 unspecified atom stereocenters. The highest BCUT2D eigenvalue weighted by molar-refractivity contribution is 5.99. The highest BCUT2D eigenvalue weighted by atomic mass is 16.3. The standard InChI is InChI=1S/C61H111N11O13/c1-15-18-19-20-23-39(8)33-48(57(82)68-47(31-38(6)7)58(83)71-61(13,14)60(85)70-46(30-37(4)5)55(80)63-26-25-51(76)64-41(10)36-62-27-29-73)67-54(79)43(12)65-53(78)42(11)66-56(81)49(34-40(9)32-45(75)35-44(74)17-3)69-59(84)50-24-21-28-72(50)52(77)22-16-2/h37-43,45-50,62,73,75H,15-36H2,1-14H3,(H,63,80)(H,64,76)(H,65,78)(H,66,81)(H,67,79)(H,68,82)(H,69,84)(H,70,85)(H,71,83)/t39?,40?,41?,42?,43?,45?,46-,47-,48+,49-,50-/m0/s1. The number of carbonyl (C=O) groups excluding carboxylic acids is 11. The Labute approximate surface area is 506 Å². The molecule has 11 atom stereocenters. The van der Waals surface area contributed by atoms with Crippen LogP contribution in [0.5, 0.6) is 0 Å². The van der Waals surface area contributed by atoms with Gasteiger partial charge in [-0.3, -0.25) is 52.7 Å². The lowest BCUT2D eigenvalue weighted by atomic mass is 9.92. The first-order valence-corrected chi connectivity index (χ1v) is 31.4. The molecule has 488 valence electrons. The Kier molecular flexibility index (Phi) is 36.9. The molecule has 24 nitrogen and oxygen atoms in total. The summed E-state index contributed by atoms with van der Waals surface area (Å²) in [7, 11) is 0. The number of aliphatic hydroxyl groups is 2.